The number of nitrogens with one attached hydrogen (secondary N) is 1. The molecule has 0 saturated carbocycles. The fourth-order valence-electron chi connectivity index (χ4n) is 2.97. The van der Waals surface area contributed by atoms with Gasteiger partial charge in [-0.1, -0.05) is 32.0 Å². The van der Waals surface area contributed by atoms with Gasteiger partial charge in [-0.25, -0.2) is 0 Å². The van der Waals surface area contributed by atoms with E-state index >= 15 is 0 Å². The smallest absolute Gasteiger partial charge is 0.240 e. The van der Waals surface area contributed by atoms with Crippen LogP contribution in [-0.4, -0.2) is 62.7 Å². The summed E-state index contributed by atoms with van der Waals surface area (Å²) >= 11 is 0. The molecule has 6 heteroatoms. The van der Waals surface area contributed by atoms with Crippen LogP contribution in [0.25, 0.3) is 0 Å². The molecule has 1 fully saturated rings. The Morgan fingerprint density at radius 3 is 2.56 bits per heavy atom. The zero-order valence-electron chi connectivity index (χ0n) is 15.5. The van der Waals surface area contributed by atoms with Gasteiger partial charge in [-0.05, 0) is 17.5 Å². The summed E-state index contributed by atoms with van der Waals surface area (Å²) in [7, 11) is 0. The quantitative estimate of drug-likeness (QED) is 0.814. The molecule has 138 valence electrons. The molecule has 1 N–H and O–H groups in total. The minimum Gasteiger partial charge on any atom is -0.379 e. The number of anilines is 1. The fourth-order valence-corrected chi connectivity index (χ4v) is 2.97. The van der Waals surface area contributed by atoms with Crippen LogP contribution in [0.4, 0.5) is 5.69 Å². The van der Waals surface area contributed by atoms with Gasteiger partial charge >= 0.3 is 0 Å². The molecule has 2 amide bonds. The Hall–Kier alpha value is -1.92. The van der Waals surface area contributed by atoms with Gasteiger partial charge in [0, 0.05) is 38.8 Å². The van der Waals surface area contributed by atoms with Crippen molar-refractivity contribution in [1.29, 1.82) is 0 Å². The highest BCUT2D eigenvalue weighted by molar-refractivity contribution is 5.98. The first-order valence-electron chi connectivity index (χ1n) is 8.93. The van der Waals surface area contributed by atoms with Gasteiger partial charge < -0.3 is 15.0 Å². The summed E-state index contributed by atoms with van der Waals surface area (Å²) in [6, 6.07) is 7.76. The summed E-state index contributed by atoms with van der Waals surface area (Å²) in [5.74, 6) is 0.0147. The molecule has 1 heterocycles. The number of hydrogen-bond donors (Lipinski definition) is 1. The van der Waals surface area contributed by atoms with Crippen molar-refractivity contribution < 1.29 is 14.3 Å². The van der Waals surface area contributed by atoms with Gasteiger partial charge in [0.15, 0.2) is 0 Å². The highest BCUT2D eigenvalue weighted by atomic mass is 16.5. The molecule has 1 aromatic carbocycles. The van der Waals surface area contributed by atoms with Crippen LogP contribution in [0.1, 0.15) is 32.3 Å². The fraction of sp³-hybridized carbons (Fsp3) is 0.579. The highest BCUT2D eigenvalue weighted by Gasteiger charge is 2.19. The van der Waals surface area contributed by atoms with Gasteiger partial charge in [0.2, 0.25) is 11.8 Å². The first-order valence-corrected chi connectivity index (χ1v) is 8.93. The second-order valence-electron chi connectivity index (χ2n) is 6.62. The summed E-state index contributed by atoms with van der Waals surface area (Å²) in [5, 5.41) is 2.92. The van der Waals surface area contributed by atoms with E-state index in [9.17, 15) is 9.59 Å². The van der Waals surface area contributed by atoms with Crippen molar-refractivity contribution in [2.45, 2.75) is 26.7 Å². The SMILES string of the molecule is CC(=O)N(CC(=O)NCCN1CCOCC1)c1ccccc1C(C)C. The molecular weight excluding hydrogens is 318 g/mol. The first kappa shape index (κ1) is 19.4. The van der Waals surface area contributed by atoms with Crippen molar-refractivity contribution in [3.63, 3.8) is 0 Å². The summed E-state index contributed by atoms with van der Waals surface area (Å²) < 4.78 is 5.31. The van der Waals surface area contributed by atoms with Crippen LogP contribution < -0.4 is 10.2 Å². The maximum absolute atomic E-state index is 12.3. The minimum absolute atomic E-state index is 0.0438. The third-order valence-corrected chi connectivity index (χ3v) is 4.39. The summed E-state index contributed by atoms with van der Waals surface area (Å²) in [5.41, 5.74) is 1.88. The maximum atomic E-state index is 12.3. The molecule has 1 aromatic rings. The van der Waals surface area contributed by atoms with E-state index in [1.165, 1.54) is 6.92 Å². The Kier molecular flexibility index (Phi) is 7.40. The van der Waals surface area contributed by atoms with Crippen LogP contribution >= 0.6 is 0 Å². The van der Waals surface area contributed by atoms with Crippen LogP contribution in [0.15, 0.2) is 24.3 Å². The Morgan fingerprint density at radius 2 is 1.92 bits per heavy atom. The molecule has 25 heavy (non-hydrogen) atoms. The van der Waals surface area contributed by atoms with Crippen LogP contribution in [0, 0.1) is 0 Å². The second kappa shape index (κ2) is 9.53. The zero-order chi connectivity index (χ0) is 18.2. The van der Waals surface area contributed by atoms with E-state index in [1.54, 1.807) is 4.90 Å². The van der Waals surface area contributed by atoms with E-state index in [0.717, 1.165) is 44.1 Å². The summed E-state index contributed by atoms with van der Waals surface area (Å²) in [6.07, 6.45) is 0. The second-order valence-corrected chi connectivity index (χ2v) is 6.62. The minimum atomic E-state index is -0.137. The Bertz CT molecular complexity index is 583. The molecule has 0 bridgehead atoms. The molecule has 1 aliphatic heterocycles. The number of ether oxygens (including phenoxy) is 1. The number of carbonyl (C=O) groups excluding carboxylic acids is 2. The number of nitrogens with zero attached hydrogens (tertiary/aromatic N) is 2. The molecule has 1 saturated heterocycles. The summed E-state index contributed by atoms with van der Waals surface area (Å²) in [4.78, 5) is 28.2. The Balaban J connectivity index is 1.92. The molecule has 1 aliphatic rings. The van der Waals surface area contributed by atoms with Gasteiger partial charge in [-0.3, -0.25) is 14.5 Å². The molecule has 0 atom stereocenters. The molecular formula is C19H29N3O3. The van der Waals surface area contributed by atoms with E-state index in [1.807, 2.05) is 24.3 Å². The van der Waals surface area contributed by atoms with E-state index in [0.29, 0.717) is 6.54 Å². The number of benzene rings is 1. The summed E-state index contributed by atoms with van der Waals surface area (Å²) in [6.45, 7) is 10.4. The number of para-hydroxylation sites is 1. The van der Waals surface area contributed by atoms with Gasteiger partial charge in [0.1, 0.15) is 6.54 Å². The van der Waals surface area contributed by atoms with Crippen molar-refractivity contribution >= 4 is 17.5 Å². The lowest BCUT2D eigenvalue weighted by Gasteiger charge is -2.27. The van der Waals surface area contributed by atoms with E-state index < -0.39 is 0 Å². The lowest BCUT2D eigenvalue weighted by Crippen LogP contribution is -2.44. The van der Waals surface area contributed by atoms with Gasteiger partial charge in [-0.15, -0.1) is 0 Å². The van der Waals surface area contributed by atoms with Crippen LogP contribution in [0.5, 0.6) is 0 Å². The molecule has 0 unspecified atom stereocenters. The van der Waals surface area contributed by atoms with Crippen molar-refractivity contribution in [2.24, 2.45) is 0 Å². The van der Waals surface area contributed by atoms with Crippen LogP contribution in [0.2, 0.25) is 0 Å². The van der Waals surface area contributed by atoms with Crippen LogP contribution in [-0.2, 0) is 14.3 Å². The van der Waals surface area contributed by atoms with Crippen molar-refractivity contribution in [1.82, 2.24) is 10.2 Å². The molecule has 0 radical (unpaired) electrons. The molecule has 2 rings (SSSR count). The number of amides is 2. The van der Waals surface area contributed by atoms with Crippen LogP contribution in [0.3, 0.4) is 0 Å². The van der Waals surface area contributed by atoms with E-state index in [4.69, 9.17) is 4.74 Å². The van der Waals surface area contributed by atoms with Gasteiger partial charge in [0.25, 0.3) is 0 Å². The Labute approximate surface area is 150 Å². The molecule has 0 aliphatic carbocycles. The largest absolute Gasteiger partial charge is 0.379 e. The van der Waals surface area contributed by atoms with Crippen molar-refractivity contribution in [3.05, 3.63) is 29.8 Å². The zero-order valence-corrected chi connectivity index (χ0v) is 15.5. The van der Waals surface area contributed by atoms with E-state index in [2.05, 4.69) is 24.1 Å². The Morgan fingerprint density at radius 1 is 1.24 bits per heavy atom. The molecule has 0 aromatic heterocycles. The highest BCUT2D eigenvalue weighted by Crippen LogP contribution is 2.27. The van der Waals surface area contributed by atoms with Gasteiger partial charge in [-0.2, -0.15) is 0 Å². The third kappa shape index (κ3) is 5.83. The molecule has 0 spiro atoms. The number of carbonyl (C=O) groups is 2. The number of morpholine rings is 1. The number of rotatable bonds is 7. The van der Waals surface area contributed by atoms with E-state index in [-0.39, 0.29) is 24.3 Å². The lowest BCUT2D eigenvalue weighted by molar-refractivity contribution is -0.123. The third-order valence-electron chi connectivity index (χ3n) is 4.39. The van der Waals surface area contributed by atoms with Gasteiger partial charge in [0.05, 0.1) is 13.2 Å². The average molecular weight is 347 g/mol. The maximum Gasteiger partial charge on any atom is 0.240 e. The van der Waals surface area contributed by atoms with Crippen molar-refractivity contribution in [2.75, 3.05) is 50.8 Å². The topological polar surface area (TPSA) is 61.9 Å². The monoisotopic (exact) mass is 347 g/mol. The molecule has 6 nitrogen and oxygen atoms in total. The standard InChI is InChI=1S/C19H29N3O3/c1-15(2)17-6-4-5-7-18(17)22(16(3)23)14-19(24)20-8-9-21-10-12-25-13-11-21/h4-7,15H,8-14H2,1-3H3,(H,20,24). The average Bonchev–Trinajstić information content (AvgIpc) is 2.60. The predicted molar refractivity (Wildman–Crippen MR) is 98.8 cm³/mol. The lowest BCUT2D eigenvalue weighted by atomic mass is 10.0. The normalized spacial score (nSPS) is 15.2. The first-order chi connectivity index (χ1) is 12.0. The van der Waals surface area contributed by atoms with Crippen molar-refractivity contribution in [3.8, 4) is 0 Å². The number of hydrogen-bond acceptors (Lipinski definition) is 4. The predicted octanol–water partition coefficient (Wildman–Crippen LogP) is 1.61.